The van der Waals surface area contributed by atoms with E-state index < -0.39 is 4.75 Å². The summed E-state index contributed by atoms with van der Waals surface area (Å²) in [6.45, 7) is 5.75. The van der Waals surface area contributed by atoms with Crippen molar-refractivity contribution in [1.82, 2.24) is 0 Å². The molecule has 2 aromatic carbocycles. The lowest BCUT2D eigenvalue weighted by atomic mass is 9.78. The van der Waals surface area contributed by atoms with Crippen LogP contribution in [0.1, 0.15) is 30.4 Å². The third-order valence-electron chi connectivity index (χ3n) is 3.97. The van der Waals surface area contributed by atoms with Gasteiger partial charge in [-0.3, -0.25) is 4.79 Å². The lowest BCUT2D eigenvalue weighted by molar-refractivity contribution is -0.145. The molecule has 0 amide bonds. The van der Waals surface area contributed by atoms with Crippen LogP contribution in [-0.2, 0) is 9.53 Å². The summed E-state index contributed by atoms with van der Waals surface area (Å²) in [5.41, 5.74) is 2.09. The minimum Gasteiger partial charge on any atom is -0.460 e. The van der Waals surface area contributed by atoms with E-state index in [1.54, 1.807) is 6.08 Å². The van der Waals surface area contributed by atoms with Gasteiger partial charge in [0.1, 0.15) is 11.4 Å². The summed E-state index contributed by atoms with van der Waals surface area (Å²) in [6.07, 6.45) is 2.13. The van der Waals surface area contributed by atoms with Gasteiger partial charge in [0.05, 0.1) is 0 Å². The summed E-state index contributed by atoms with van der Waals surface area (Å²) in [5, 5.41) is 0. The Morgan fingerprint density at radius 2 is 1.61 bits per heavy atom. The highest BCUT2D eigenvalue weighted by Crippen LogP contribution is 2.42. The fourth-order valence-corrected chi connectivity index (χ4v) is 3.12. The summed E-state index contributed by atoms with van der Waals surface area (Å²) in [4.78, 5) is 12.7. The number of hydrogen-bond donors (Lipinski definition) is 1. The first-order valence-electron chi connectivity index (χ1n) is 7.74. The quantitative estimate of drug-likeness (QED) is 0.456. The van der Waals surface area contributed by atoms with Gasteiger partial charge < -0.3 is 4.74 Å². The van der Waals surface area contributed by atoms with E-state index in [9.17, 15) is 4.79 Å². The topological polar surface area (TPSA) is 26.3 Å². The molecule has 0 spiro atoms. The number of rotatable bonds is 7. The van der Waals surface area contributed by atoms with Crippen LogP contribution in [0.15, 0.2) is 73.3 Å². The van der Waals surface area contributed by atoms with Gasteiger partial charge in [0.25, 0.3) is 0 Å². The molecule has 120 valence electrons. The van der Waals surface area contributed by atoms with Crippen molar-refractivity contribution in [2.24, 2.45) is 0 Å². The number of carbonyl (C=O) groups is 1. The van der Waals surface area contributed by atoms with Gasteiger partial charge >= 0.3 is 5.97 Å². The van der Waals surface area contributed by atoms with Crippen LogP contribution in [-0.4, -0.2) is 17.3 Å². The van der Waals surface area contributed by atoms with E-state index in [2.05, 4.69) is 6.58 Å². The number of hydrogen-bond acceptors (Lipinski definition) is 3. The van der Waals surface area contributed by atoms with E-state index in [0.29, 0.717) is 6.42 Å². The molecule has 0 heterocycles. The molecule has 1 atom stereocenters. The predicted octanol–water partition coefficient (Wildman–Crippen LogP) is 4.63. The lowest BCUT2D eigenvalue weighted by Crippen LogP contribution is -2.41. The molecule has 0 aliphatic rings. The van der Waals surface area contributed by atoms with Gasteiger partial charge in [0.15, 0.2) is 0 Å². The molecule has 0 aromatic heterocycles. The Kier molecular flexibility index (Phi) is 6.05. The molecule has 0 aliphatic heterocycles. The Balaban J connectivity index is 2.51. The Bertz CT molecular complexity index is 600. The van der Waals surface area contributed by atoms with Crippen molar-refractivity contribution in [2.75, 3.05) is 6.61 Å². The van der Waals surface area contributed by atoms with Crippen molar-refractivity contribution in [2.45, 2.75) is 24.0 Å². The average molecular weight is 326 g/mol. The first kappa shape index (κ1) is 17.4. The van der Waals surface area contributed by atoms with E-state index in [-0.39, 0.29) is 18.5 Å². The second-order valence-corrected chi connectivity index (χ2v) is 6.22. The summed E-state index contributed by atoms with van der Waals surface area (Å²) in [6, 6.07) is 19.9. The average Bonchev–Trinajstić information content (AvgIpc) is 2.61. The standard InChI is InChI=1S/C20H22O2S/c1-3-15-22-19(21)20(23,4-2)18(16-11-7-5-8-12-16)17-13-9-6-10-14-17/h3,5-14,18,23H,1,4,15H2,2H3. The molecule has 2 aromatic rings. The molecule has 0 fully saturated rings. The van der Waals surface area contributed by atoms with E-state index >= 15 is 0 Å². The van der Waals surface area contributed by atoms with Gasteiger partial charge in [-0.2, -0.15) is 12.6 Å². The maximum absolute atomic E-state index is 12.7. The van der Waals surface area contributed by atoms with Gasteiger partial charge in [0.2, 0.25) is 0 Å². The lowest BCUT2D eigenvalue weighted by Gasteiger charge is -2.34. The third-order valence-corrected chi connectivity index (χ3v) is 4.73. The summed E-state index contributed by atoms with van der Waals surface area (Å²) in [5.74, 6) is -0.503. The van der Waals surface area contributed by atoms with Crippen LogP contribution in [0, 0.1) is 0 Å². The van der Waals surface area contributed by atoms with Gasteiger partial charge in [-0.25, -0.2) is 0 Å². The Morgan fingerprint density at radius 1 is 1.13 bits per heavy atom. The first-order valence-corrected chi connectivity index (χ1v) is 8.18. The number of ether oxygens (including phenoxy) is 1. The van der Waals surface area contributed by atoms with Crippen molar-refractivity contribution in [3.63, 3.8) is 0 Å². The summed E-state index contributed by atoms with van der Waals surface area (Å²) >= 11 is 4.80. The third kappa shape index (κ3) is 3.85. The number of thiol groups is 1. The smallest absolute Gasteiger partial charge is 0.323 e. The molecule has 0 bridgehead atoms. The fraction of sp³-hybridized carbons (Fsp3) is 0.250. The molecular formula is C20H22O2S. The molecular weight excluding hydrogens is 304 g/mol. The van der Waals surface area contributed by atoms with E-state index in [1.165, 1.54) is 0 Å². The highest BCUT2D eigenvalue weighted by molar-refractivity contribution is 7.82. The Labute approximate surface area is 143 Å². The van der Waals surface area contributed by atoms with E-state index in [1.807, 2.05) is 67.6 Å². The van der Waals surface area contributed by atoms with Gasteiger partial charge in [-0.05, 0) is 17.5 Å². The zero-order valence-corrected chi connectivity index (χ0v) is 14.2. The molecule has 0 saturated carbocycles. The first-order chi connectivity index (χ1) is 11.1. The second-order valence-electron chi connectivity index (χ2n) is 5.42. The number of carbonyl (C=O) groups excluding carboxylic acids is 1. The van der Waals surface area contributed by atoms with Crippen LogP contribution >= 0.6 is 12.6 Å². The monoisotopic (exact) mass is 326 g/mol. The van der Waals surface area contributed by atoms with Gasteiger partial charge in [-0.1, -0.05) is 80.2 Å². The fourth-order valence-electron chi connectivity index (χ4n) is 2.76. The zero-order valence-electron chi connectivity index (χ0n) is 13.3. The van der Waals surface area contributed by atoms with Crippen molar-refractivity contribution in [1.29, 1.82) is 0 Å². The molecule has 2 rings (SSSR count). The maximum Gasteiger partial charge on any atom is 0.323 e. The van der Waals surface area contributed by atoms with E-state index in [4.69, 9.17) is 17.4 Å². The molecule has 1 unspecified atom stereocenters. The Morgan fingerprint density at radius 3 is 2.00 bits per heavy atom. The van der Waals surface area contributed by atoms with Gasteiger partial charge in [-0.15, -0.1) is 0 Å². The highest BCUT2D eigenvalue weighted by Gasteiger charge is 2.44. The van der Waals surface area contributed by atoms with E-state index in [0.717, 1.165) is 11.1 Å². The second kappa shape index (κ2) is 8.02. The zero-order chi connectivity index (χ0) is 16.7. The summed E-state index contributed by atoms with van der Waals surface area (Å²) in [7, 11) is 0. The molecule has 3 heteroatoms. The van der Waals surface area contributed by atoms with Crippen LogP contribution in [0.5, 0.6) is 0 Å². The molecule has 0 saturated heterocycles. The maximum atomic E-state index is 12.7. The molecule has 23 heavy (non-hydrogen) atoms. The van der Waals surface area contributed by atoms with Gasteiger partial charge in [0, 0.05) is 5.92 Å². The van der Waals surface area contributed by atoms with Crippen LogP contribution in [0.4, 0.5) is 0 Å². The molecule has 0 aliphatic carbocycles. The molecule has 2 nitrogen and oxygen atoms in total. The number of esters is 1. The van der Waals surface area contributed by atoms with Crippen LogP contribution in [0.25, 0.3) is 0 Å². The van der Waals surface area contributed by atoms with Crippen molar-refractivity contribution in [3.05, 3.63) is 84.4 Å². The van der Waals surface area contributed by atoms with Crippen molar-refractivity contribution in [3.8, 4) is 0 Å². The van der Waals surface area contributed by atoms with Crippen molar-refractivity contribution >= 4 is 18.6 Å². The number of benzene rings is 2. The molecule has 0 radical (unpaired) electrons. The normalized spacial score (nSPS) is 13.3. The van der Waals surface area contributed by atoms with Crippen LogP contribution in [0.3, 0.4) is 0 Å². The van der Waals surface area contributed by atoms with Crippen LogP contribution in [0.2, 0.25) is 0 Å². The SMILES string of the molecule is C=CCOC(=O)C(S)(CC)C(c1ccccc1)c1ccccc1. The minimum absolute atomic E-state index is 0.185. The predicted molar refractivity (Wildman–Crippen MR) is 97.9 cm³/mol. The highest BCUT2D eigenvalue weighted by atomic mass is 32.1. The largest absolute Gasteiger partial charge is 0.460 e. The minimum atomic E-state index is -0.939. The van der Waals surface area contributed by atoms with Crippen LogP contribution < -0.4 is 0 Å². The summed E-state index contributed by atoms with van der Waals surface area (Å²) < 4.78 is 4.40. The Hall–Kier alpha value is -2.00. The molecule has 0 N–H and O–H groups in total. The van der Waals surface area contributed by atoms with Crippen molar-refractivity contribution < 1.29 is 9.53 Å².